The van der Waals surface area contributed by atoms with Crippen LogP contribution < -0.4 is 10.6 Å². The second-order valence-electron chi connectivity index (χ2n) is 6.25. The number of methoxy groups -OCH3 is 1. The van der Waals surface area contributed by atoms with Gasteiger partial charge < -0.3 is 15.4 Å². The zero-order chi connectivity index (χ0) is 18.8. The predicted octanol–water partition coefficient (Wildman–Crippen LogP) is 4.75. The summed E-state index contributed by atoms with van der Waals surface area (Å²) >= 11 is 6.69. The highest BCUT2D eigenvalue weighted by Gasteiger charge is 2.28. The van der Waals surface area contributed by atoms with Crippen LogP contribution in [0.25, 0.3) is 0 Å². The first kappa shape index (κ1) is 18.7. The van der Waals surface area contributed by atoms with Gasteiger partial charge in [0.1, 0.15) is 16.6 Å². The molecule has 0 spiro atoms. The highest BCUT2D eigenvalue weighted by atomic mass is 32.1. The van der Waals surface area contributed by atoms with Crippen LogP contribution in [0.1, 0.15) is 34.1 Å². The minimum atomic E-state index is -0.748. The molecule has 26 heavy (non-hydrogen) atoms. The molecule has 138 valence electrons. The van der Waals surface area contributed by atoms with Crippen LogP contribution in [0.5, 0.6) is 0 Å². The average molecular weight is 396 g/mol. The van der Waals surface area contributed by atoms with Gasteiger partial charge in [0.25, 0.3) is 0 Å². The maximum atomic E-state index is 13.8. The van der Waals surface area contributed by atoms with E-state index in [-0.39, 0.29) is 10.8 Å². The maximum absolute atomic E-state index is 13.8. The molecule has 3 rings (SSSR count). The third-order valence-electron chi connectivity index (χ3n) is 4.31. The number of anilines is 2. The zero-order valence-electron chi connectivity index (χ0n) is 14.3. The number of halogens is 2. The molecule has 1 aliphatic carbocycles. The Hall–Kier alpha value is -2.06. The number of ether oxygens (including phenoxy) is 1. The monoisotopic (exact) mass is 396 g/mol. The molecule has 0 aliphatic heterocycles. The first-order chi connectivity index (χ1) is 12.4. The third kappa shape index (κ3) is 3.86. The molecule has 8 heteroatoms. The summed E-state index contributed by atoms with van der Waals surface area (Å²) < 4.78 is 31.7. The molecule has 2 aromatic rings. The lowest BCUT2D eigenvalue weighted by atomic mass is 9.88. The van der Waals surface area contributed by atoms with Crippen molar-refractivity contribution in [2.75, 3.05) is 17.7 Å². The Kier molecular flexibility index (Phi) is 5.52. The maximum Gasteiger partial charge on any atom is 0.341 e. The molecule has 1 aliphatic rings. The Morgan fingerprint density at radius 2 is 2.12 bits per heavy atom. The number of hydrogen-bond acceptors (Lipinski definition) is 4. The van der Waals surface area contributed by atoms with Gasteiger partial charge in [0, 0.05) is 10.9 Å². The summed E-state index contributed by atoms with van der Waals surface area (Å²) in [6.07, 6.45) is 2.72. The minimum absolute atomic E-state index is 0.0541. The molecule has 1 aromatic carbocycles. The summed E-state index contributed by atoms with van der Waals surface area (Å²) in [4.78, 5) is 13.4. The molecule has 0 amide bonds. The van der Waals surface area contributed by atoms with E-state index in [9.17, 15) is 13.6 Å². The molecule has 0 saturated carbocycles. The van der Waals surface area contributed by atoms with Crippen LogP contribution in [0.15, 0.2) is 18.2 Å². The fraction of sp³-hybridized carbons (Fsp3) is 0.333. The Morgan fingerprint density at radius 1 is 1.35 bits per heavy atom. The number of fused-ring (bicyclic) bond motifs is 1. The van der Waals surface area contributed by atoms with E-state index in [4.69, 9.17) is 17.0 Å². The second-order valence-corrected chi connectivity index (χ2v) is 7.76. The summed E-state index contributed by atoms with van der Waals surface area (Å²) in [5.74, 6) is -1.28. The lowest BCUT2D eigenvalue weighted by Crippen LogP contribution is -2.21. The number of thiocarbonyl (C=S) groups is 1. The van der Waals surface area contributed by atoms with Crippen molar-refractivity contribution in [3.8, 4) is 0 Å². The molecule has 2 N–H and O–H groups in total. The van der Waals surface area contributed by atoms with E-state index >= 15 is 0 Å². The number of carbonyl (C=O) groups excluding carboxylic acids is 1. The minimum Gasteiger partial charge on any atom is -0.465 e. The van der Waals surface area contributed by atoms with Crippen molar-refractivity contribution in [2.45, 2.75) is 26.2 Å². The van der Waals surface area contributed by atoms with Gasteiger partial charge in [0.05, 0.1) is 18.4 Å². The lowest BCUT2D eigenvalue weighted by molar-refractivity contribution is 0.0601. The summed E-state index contributed by atoms with van der Waals surface area (Å²) in [5, 5.41) is 6.36. The summed E-state index contributed by atoms with van der Waals surface area (Å²) in [7, 11) is 1.34. The standard InChI is InChI=1S/C18H18F2N2O2S2/c1-9-3-5-11-14(7-9)26-16(15(11)17(23)24-2)22-18(25)21-13-6-4-10(19)8-12(13)20/h4,6,8-9H,3,5,7H2,1-2H3,(H2,21,22,25). The van der Waals surface area contributed by atoms with E-state index < -0.39 is 17.6 Å². The highest BCUT2D eigenvalue weighted by Crippen LogP contribution is 2.40. The van der Waals surface area contributed by atoms with Gasteiger partial charge in [-0.1, -0.05) is 6.92 Å². The summed E-state index contributed by atoms with van der Waals surface area (Å²) in [6, 6.07) is 3.18. The highest BCUT2D eigenvalue weighted by molar-refractivity contribution is 7.80. The van der Waals surface area contributed by atoms with Crippen molar-refractivity contribution in [3.63, 3.8) is 0 Å². The van der Waals surface area contributed by atoms with Crippen molar-refractivity contribution in [3.05, 3.63) is 45.8 Å². The second kappa shape index (κ2) is 7.67. The number of rotatable bonds is 3. The van der Waals surface area contributed by atoms with Crippen LogP contribution in [-0.4, -0.2) is 18.2 Å². The molecular formula is C18H18F2N2O2S2. The van der Waals surface area contributed by atoms with Gasteiger partial charge in [-0.2, -0.15) is 0 Å². The molecule has 0 saturated heterocycles. The smallest absolute Gasteiger partial charge is 0.341 e. The zero-order valence-corrected chi connectivity index (χ0v) is 16.0. The normalized spacial score (nSPS) is 15.9. The van der Waals surface area contributed by atoms with E-state index in [1.54, 1.807) is 0 Å². The Morgan fingerprint density at radius 3 is 2.81 bits per heavy atom. The van der Waals surface area contributed by atoms with Crippen molar-refractivity contribution in [1.82, 2.24) is 0 Å². The van der Waals surface area contributed by atoms with Crippen LogP contribution >= 0.6 is 23.6 Å². The van der Waals surface area contributed by atoms with E-state index in [0.717, 1.165) is 41.8 Å². The number of thiophene rings is 1. The summed E-state index contributed by atoms with van der Waals surface area (Å²) in [6.45, 7) is 2.18. The van der Waals surface area contributed by atoms with E-state index in [1.807, 2.05) is 0 Å². The molecule has 0 fully saturated rings. The number of hydrogen-bond donors (Lipinski definition) is 2. The fourth-order valence-electron chi connectivity index (χ4n) is 3.00. The Labute approximate surface area is 159 Å². The predicted molar refractivity (Wildman–Crippen MR) is 103 cm³/mol. The van der Waals surface area contributed by atoms with Gasteiger partial charge in [-0.25, -0.2) is 13.6 Å². The van der Waals surface area contributed by atoms with Crippen LogP contribution in [0.2, 0.25) is 0 Å². The number of nitrogens with one attached hydrogen (secondary N) is 2. The van der Waals surface area contributed by atoms with Gasteiger partial charge in [-0.3, -0.25) is 0 Å². The van der Waals surface area contributed by atoms with Gasteiger partial charge in [-0.05, 0) is 55.1 Å². The largest absolute Gasteiger partial charge is 0.465 e. The van der Waals surface area contributed by atoms with Crippen molar-refractivity contribution < 1.29 is 18.3 Å². The Bertz CT molecular complexity index is 867. The summed E-state index contributed by atoms with van der Waals surface area (Å²) in [5.41, 5.74) is 1.54. The molecule has 1 atom stereocenters. The van der Waals surface area contributed by atoms with Crippen molar-refractivity contribution in [1.29, 1.82) is 0 Å². The number of benzene rings is 1. The topological polar surface area (TPSA) is 50.4 Å². The van der Waals surface area contributed by atoms with Gasteiger partial charge in [0.2, 0.25) is 0 Å². The average Bonchev–Trinajstić information content (AvgIpc) is 2.93. The van der Waals surface area contributed by atoms with Crippen LogP contribution in [0.3, 0.4) is 0 Å². The number of esters is 1. The first-order valence-electron chi connectivity index (χ1n) is 8.15. The van der Waals surface area contributed by atoms with E-state index in [0.29, 0.717) is 16.5 Å². The molecular weight excluding hydrogens is 378 g/mol. The van der Waals surface area contributed by atoms with Crippen molar-refractivity contribution >= 4 is 45.3 Å². The quantitative estimate of drug-likeness (QED) is 0.579. The SMILES string of the molecule is COC(=O)c1c(NC(=S)Nc2ccc(F)cc2F)sc2c1CCC(C)C2. The molecule has 4 nitrogen and oxygen atoms in total. The van der Waals surface area contributed by atoms with Crippen LogP contribution in [0, 0.1) is 17.6 Å². The first-order valence-corrected chi connectivity index (χ1v) is 9.37. The number of carbonyl (C=O) groups is 1. The third-order valence-corrected chi connectivity index (χ3v) is 5.68. The van der Waals surface area contributed by atoms with Gasteiger partial charge in [0.15, 0.2) is 5.11 Å². The lowest BCUT2D eigenvalue weighted by Gasteiger charge is -2.18. The van der Waals surface area contributed by atoms with E-state index in [2.05, 4.69) is 17.6 Å². The molecule has 0 radical (unpaired) electrons. The Balaban J connectivity index is 1.84. The van der Waals surface area contributed by atoms with Crippen LogP contribution in [-0.2, 0) is 17.6 Å². The fourth-order valence-corrected chi connectivity index (χ4v) is 4.68. The van der Waals surface area contributed by atoms with Crippen molar-refractivity contribution in [2.24, 2.45) is 5.92 Å². The molecule has 1 unspecified atom stereocenters. The molecule has 1 heterocycles. The van der Waals surface area contributed by atoms with E-state index in [1.165, 1.54) is 24.5 Å². The van der Waals surface area contributed by atoms with Gasteiger partial charge in [-0.15, -0.1) is 11.3 Å². The van der Waals surface area contributed by atoms with Gasteiger partial charge >= 0.3 is 5.97 Å². The molecule has 0 bridgehead atoms. The molecule has 1 aromatic heterocycles. The van der Waals surface area contributed by atoms with Crippen LogP contribution in [0.4, 0.5) is 19.5 Å².